The summed E-state index contributed by atoms with van der Waals surface area (Å²) in [6, 6.07) is 27.6. The van der Waals surface area contributed by atoms with Crippen LogP contribution in [0.4, 0.5) is 5.69 Å². The number of rotatable bonds is 6. The third kappa shape index (κ3) is 3.49. The van der Waals surface area contributed by atoms with Crippen molar-refractivity contribution < 1.29 is 0 Å². The van der Waals surface area contributed by atoms with Crippen LogP contribution >= 0.6 is 0 Å². The molecule has 0 aliphatic carbocycles. The highest BCUT2D eigenvalue weighted by atomic mass is 16.1. The Hall–Kier alpha value is -3.53. The van der Waals surface area contributed by atoms with Crippen LogP contribution in [0.15, 0.2) is 89.7 Å². The summed E-state index contributed by atoms with van der Waals surface area (Å²) in [7, 11) is 0. The van der Waals surface area contributed by atoms with Crippen LogP contribution < -0.4 is 11.4 Å². The quantitative estimate of drug-likeness (QED) is 0.456. The minimum atomic E-state index is -0.0400. The van der Waals surface area contributed by atoms with Gasteiger partial charge in [0.1, 0.15) is 0 Å². The molecule has 3 aromatic carbocycles. The molecule has 4 rings (SSSR count). The van der Waals surface area contributed by atoms with E-state index in [0.29, 0.717) is 12.2 Å². The zero-order chi connectivity index (χ0) is 20.2. The van der Waals surface area contributed by atoms with Crippen molar-refractivity contribution >= 4 is 5.69 Å². The zero-order valence-corrected chi connectivity index (χ0v) is 16.6. The first-order valence-corrected chi connectivity index (χ1v) is 10.0. The Labute approximate surface area is 170 Å². The summed E-state index contributed by atoms with van der Waals surface area (Å²) >= 11 is 0. The van der Waals surface area contributed by atoms with E-state index in [0.717, 1.165) is 41.0 Å². The Kier molecular flexibility index (Phi) is 5.34. The summed E-state index contributed by atoms with van der Waals surface area (Å²) in [4.78, 5) is 13.7. The fourth-order valence-electron chi connectivity index (χ4n) is 3.74. The molecule has 2 N–H and O–H groups in total. The number of nitrogens with zero attached hydrogens (tertiary/aromatic N) is 2. The Balaban J connectivity index is 2.13. The molecular weight excluding hydrogens is 358 g/mol. The maximum atomic E-state index is 13.7. The average molecular weight is 383 g/mol. The molecule has 0 spiro atoms. The first-order chi connectivity index (χ1) is 14.2. The molecule has 4 heteroatoms. The van der Waals surface area contributed by atoms with E-state index in [1.54, 1.807) is 4.57 Å². The number of aromatic nitrogens is 2. The van der Waals surface area contributed by atoms with Gasteiger partial charge < -0.3 is 5.73 Å². The highest BCUT2D eigenvalue weighted by Crippen LogP contribution is 2.36. The highest BCUT2D eigenvalue weighted by Gasteiger charge is 2.24. The molecule has 0 saturated heterocycles. The summed E-state index contributed by atoms with van der Waals surface area (Å²) in [5.74, 6) is 0. The van der Waals surface area contributed by atoms with Crippen molar-refractivity contribution in [3.05, 3.63) is 95.4 Å². The van der Waals surface area contributed by atoms with E-state index in [4.69, 9.17) is 5.73 Å². The Bertz CT molecular complexity index is 1160. The minimum Gasteiger partial charge on any atom is -0.398 e. The number of unbranched alkanes of at least 4 members (excludes halogenated alkanes) is 1. The number of hydrogen-bond donors (Lipinski definition) is 1. The van der Waals surface area contributed by atoms with Gasteiger partial charge in [-0.05, 0) is 24.6 Å². The first kappa shape index (κ1) is 18.8. The van der Waals surface area contributed by atoms with E-state index in [9.17, 15) is 4.79 Å². The maximum Gasteiger partial charge on any atom is 0.333 e. The molecule has 0 unspecified atom stereocenters. The third-order valence-electron chi connectivity index (χ3n) is 5.15. The SMILES string of the molecule is CCCCn1c(-c2ccccc2)c(-c2ccccc2N)n(-c2ccccc2)c1=O. The van der Waals surface area contributed by atoms with Gasteiger partial charge in [-0.25, -0.2) is 4.79 Å². The molecule has 0 saturated carbocycles. The van der Waals surface area contributed by atoms with Crippen LogP contribution in [0.2, 0.25) is 0 Å². The molecule has 0 radical (unpaired) electrons. The molecule has 0 aliphatic rings. The molecule has 1 aromatic heterocycles. The smallest absolute Gasteiger partial charge is 0.333 e. The average Bonchev–Trinajstić information content (AvgIpc) is 3.05. The van der Waals surface area contributed by atoms with E-state index in [2.05, 4.69) is 19.1 Å². The van der Waals surface area contributed by atoms with Gasteiger partial charge in [0.15, 0.2) is 0 Å². The third-order valence-corrected chi connectivity index (χ3v) is 5.15. The van der Waals surface area contributed by atoms with E-state index < -0.39 is 0 Å². The van der Waals surface area contributed by atoms with Crippen LogP contribution in [-0.2, 0) is 6.54 Å². The Morgan fingerprint density at radius 1 is 0.793 bits per heavy atom. The van der Waals surface area contributed by atoms with Crippen LogP contribution in [0.25, 0.3) is 28.2 Å². The van der Waals surface area contributed by atoms with Crippen molar-refractivity contribution in [3.8, 4) is 28.2 Å². The lowest BCUT2D eigenvalue weighted by Crippen LogP contribution is -2.24. The van der Waals surface area contributed by atoms with Crippen LogP contribution in [0.3, 0.4) is 0 Å². The summed E-state index contributed by atoms with van der Waals surface area (Å²) in [6.07, 6.45) is 1.95. The Morgan fingerprint density at radius 2 is 1.41 bits per heavy atom. The number of anilines is 1. The fourth-order valence-corrected chi connectivity index (χ4v) is 3.74. The molecule has 146 valence electrons. The monoisotopic (exact) mass is 383 g/mol. The van der Waals surface area contributed by atoms with Crippen LogP contribution in [0.5, 0.6) is 0 Å². The van der Waals surface area contributed by atoms with Gasteiger partial charge in [0, 0.05) is 23.4 Å². The maximum absolute atomic E-state index is 13.7. The van der Waals surface area contributed by atoms with E-state index in [1.807, 2.05) is 77.4 Å². The zero-order valence-electron chi connectivity index (χ0n) is 16.6. The van der Waals surface area contributed by atoms with E-state index >= 15 is 0 Å². The molecule has 0 amide bonds. The second-order valence-electron chi connectivity index (χ2n) is 7.11. The van der Waals surface area contributed by atoms with Gasteiger partial charge in [-0.2, -0.15) is 0 Å². The number of hydrogen-bond acceptors (Lipinski definition) is 2. The molecule has 0 aliphatic heterocycles. The number of para-hydroxylation sites is 2. The van der Waals surface area contributed by atoms with Gasteiger partial charge in [-0.1, -0.05) is 80.1 Å². The molecule has 0 fully saturated rings. The van der Waals surface area contributed by atoms with Gasteiger partial charge in [-0.15, -0.1) is 0 Å². The van der Waals surface area contributed by atoms with Crippen molar-refractivity contribution in [1.29, 1.82) is 0 Å². The largest absolute Gasteiger partial charge is 0.398 e. The van der Waals surface area contributed by atoms with E-state index in [-0.39, 0.29) is 5.69 Å². The lowest BCUT2D eigenvalue weighted by atomic mass is 10.0. The predicted octanol–water partition coefficient (Wildman–Crippen LogP) is 5.36. The Morgan fingerprint density at radius 3 is 2.07 bits per heavy atom. The van der Waals surface area contributed by atoms with Gasteiger partial charge in [-0.3, -0.25) is 9.13 Å². The van der Waals surface area contributed by atoms with Crippen LogP contribution in [-0.4, -0.2) is 9.13 Å². The molecule has 29 heavy (non-hydrogen) atoms. The molecule has 0 bridgehead atoms. The van der Waals surface area contributed by atoms with Crippen LogP contribution in [0, 0.1) is 0 Å². The topological polar surface area (TPSA) is 52.9 Å². The number of benzene rings is 3. The lowest BCUT2D eigenvalue weighted by molar-refractivity contribution is 0.613. The van der Waals surface area contributed by atoms with Crippen LogP contribution in [0.1, 0.15) is 19.8 Å². The summed E-state index contributed by atoms with van der Waals surface area (Å²) in [6.45, 7) is 2.80. The summed E-state index contributed by atoms with van der Waals surface area (Å²) in [5.41, 5.74) is 11.4. The second kappa shape index (κ2) is 8.23. The minimum absolute atomic E-state index is 0.0400. The van der Waals surface area contributed by atoms with Crippen molar-refractivity contribution in [1.82, 2.24) is 9.13 Å². The lowest BCUT2D eigenvalue weighted by Gasteiger charge is -2.13. The fraction of sp³-hybridized carbons (Fsp3) is 0.160. The van der Waals surface area contributed by atoms with Gasteiger partial charge >= 0.3 is 5.69 Å². The number of imidazole rings is 1. The first-order valence-electron chi connectivity index (χ1n) is 10.0. The van der Waals surface area contributed by atoms with Crippen molar-refractivity contribution in [2.24, 2.45) is 0 Å². The second-order valence-corrected chi connectivity index (χ2v) is 7.11. The van der Waals surface area contributed by atoms with Crippen molar-refractivity contribution in [3.63, 3.8) is 0 Å². The molecule has 4 nitrogen and oxygen atoms in total. The highest BCUT2D eigenvalue weighted by molar-refractivity contribution is 5.86. The van der Waals surface area contributed by atoms with Crippen molar-refractivity contribution in [2.75, 3.05) is 5.73 Å². The molecule has 4 aromatic rings. The normalized spacial score (nSPS) is 10.9. The number of nitrogen functional groups attached to an aromatic ring is 1. The standard InChI is InChI=1S/C25H25N3O/c1-2-3-18-27-23(19-12-6-4-7-13-19)24(21-16-10-11-17-22(21)26)28(25(27)29)20-14-8-5-9-15-20/h4-17H,2-3,18,26H2,1H3. The van der Waals surface area contributed by atoms with Crippen molar-refractivity contribution in [2.45, 2.75) is 26.3 Å². The van der Waals surface area contributed by atoms with E-state index in [1.165, 1.54) is 0 Å². The molecular formula is C25H25N3O. The van der Waals surface area contributed by atoms with Gasteiger partial charge in [0.25, 0.3) is 0 Å². The van der Waals surface area contributed by atoms with Gasteiger partial charge in [0.05, 0.1) is 17.1 Å². The van der Waals surface area contributed by atoms with Gasteiger partial charge in [0.2, 0.25) is 0 Å². The summed E-state index contributed by atoms with van der Waals surface area (Å²) in [5, 5.41) is 0. The molecule has 0 atom stereocenters. The summed E-state index contributed by atoms with van der Waals surface area (Å²) < 4.78 is 3.69. The molecule has 1 heterocycles. The number of nitrogens with two attached hydrogens (primary N) is 1. The predicted molar refractivity (Wildman–Crippen MR) is 120 cm³/mol.